The lowest BCUT2D eigenvalue weighted by Crippen LogP contribution is -2.43. The number of nitrogens with zero attached hydrogens (tertiary/aromatic N) is 2. The minimum atomic E-state index is -4.21. The van der Waals surface area contributed by atoms with Gasteiger partial charge in [-0.2, -0.15) is 0 Å². The number of halogens is 3. The topological polar surface area (TPSA) is 66.9 Å². The molecule has 162 valence electrons. The highest BCUT2D eigenvalue weighted by molar-refractivity contribution is 7.92. The number of hydrogen-bond donors (Lipinski definition) is 0. The molecular formula is C20H21Cl2FN2O4S. The van der Waals surface area contributed by atoms with Crippen molar-refractivity contribution >= 4 is 45.0 Å². The largest absolute Gasteiger partial charge is 0.447 e. The Labute approximate surface area is 185 Å². The predicted molar refractivity (Wildman–Crippen MR) is 114 cm³/mol. The third-order valence-corrected chi connectivity index (χ3v) is 7.16. The summed E-state index contributed by atoms with van der Waals surface area (Å²) in [5, 5.41) is 0.533. The number of sulfonamides is 1. The molecule has 3 rings (SSSR count). The maximum absolute atomic E-state index is 14.6. The van der Waals surface area contributed by atoms with E-state index in [4.69, 9.17) is 27.9 Å². The molecule has 2 aromatic carbocycles. The van der Waals surface area contributed by atoms with Crippen molar-refractivity contribution in [2.45, 2.75) is 30.7 Å². The van der Waals surface area contributed by atoms with Crippen molar-refractivity contribution in [2.75, 3.05) is 24.0 Å². The summed E-state index contributed by atoms with van der Waals surface area (Å²) in [7, 11) is -4.21. The molecule has 6 nitrogen and oxygen atoms in total. The smallest absolute Gasteiger partial charge is 0.409 e. The lowest BCUT2D eigenvalue weighted by atomic mass is 10.2. The molecule has 0 aliphatic carbocycles. The molecule has 0 aromatic heterocycles. The van der Waals surface area contributed by atoms with E-state index < -0.39 is 28.0 Å². The number of carbonyl (C=O) groups excluding carboxylic acids is 1. The highest BCUT2D eigenvalue weighted by Gasteiger charge is 2.33. The number of benzene rings is 2. The number of amides is 1. The van der Waals surface area contributed by atoms with E-state index in [2.05, 4.69) is 0 Å². The molecule has 1 heterocycles. The van der Waals surface area contributed by atoms with E-state index in [1.165, 1.54) is 43.3 Å². The molecule has 0 saturated carbocycles. The van der Waals surface area contributed by atoms with Crippen LogP contribution in [0, 0.1) is 5.82 Å². The van der Waals surface area contributed by atoms with Gasteiger partial charge in [-0.3, -0.25) is 4.31 Å². The normalized spacial score (nSPS) is 15.1. The molecule has 0 spiro atoms. The number of ether oxygens (including phenoxy) is 1. The zero-order chi connectivity index (χ0) is 21.9. The average Bonchev–Trinajstić information content (AvgIpc) is 3.24. The van der Waals surface area contributed by atoms with Crippen molar-refractivity contribution in [3.8, 4) is 0 Å². The Morgan fingerprint density at radius 2 is 1.73 bits per heavy atom. The van der Waals surface area contributed by atoms with Gasteiger partial charge in [0, 0.05) is 23.1 Å². The molecule has 2 aromatic rings. The zero-order valence-corrected chi connectivity index (χ0v) is 18.6. The summed E-state index contributed by atoms with van der Waals surface area (Å²) < 4.78 is 47.6. The first-order valence-corrected chi connectivity index (χ1v) is 11.6. The number of carbonyl (C=O) groups is 1. The molecule has 10 heteroatoms. The van der Waals surface area contributed by atoms with Crippen LogP contribution in [0.5, 0.6) is 0 Å². The monoisotopic (exact) mass is 474 g/mol. The lowest BCUT2D eigenvalue weighted by Gasteiger charge is -2.31. The van der Waals surface area contributed by atoms with Gasteiger partial charge in [-0.1, -0.05) is 23.2 Å². The highest BCUT2D eigenvalue weighted by Crippen LogP contribution is 2.31. The maximum Gasteiger partial charge on any atom is 0.409 e. The van der Waals surface area contributed by atoms with Gasteiger partial charge < -0.3 is 9.64 Å². The fourth-order valence-electron chi connectivity index (χ4n) is 3.23. The van der Waals surface area contributed by atoms with Gasteiger partial charge in [-0.05, 0) is 62.2 Å². The fraction of sp³-hybridized carbons (Fsp3) is 0.350. The molecule has 0 radical (unpaired) electrons. The van der Waals surface area contributed by atoms with Crippen LogP contribution in [0.4, 0.5) is 14.9 Å². The van der Waals surface area contributed by atoms with E-state index in [0.717, 1.165) is 23.2 Å². The van der Waals surface area contributed by atoms with Gasteiger partial charge in [0.15, 0.2) is 0 Å². The Hall–Kier alpha value is -2.03. The number of rotatable bonds is 6. The summed E-state index contributed by atoms with van der Waals surface area (Å²) >= 11 is 11.9. The molecule has 1 aliphatic heterocycles. The van der Waals surface area contributed by atoms with Crippen LogP contribution in [0.15, 0.2) is 47.4 Å². The molecule has 0 bridgehead atoms. The Morgan fingerprint density at radius 3 is 2.37 bits per heavy atom. The van der Waals surface area contributed by atoms with Crippen molar-refractivity contribution < 1.29 is 22.3 Å². The van der Waals surface area contributed by atoms with Crippen LogP contribution < -0.4 is 4.31 Å². The molecule has 1 aliphatic rings. The van der Waals surface area contributed by atoms with Gasteiger partial charge >= 0.3 is 6.09 Å². The molecule has 1 amide bonds. The summed E-state index contributed by atoms with van der Waals surface area (Å²) in [6.07, 6.45) is 1.28. The second-order valence-corrected chi connectivity index (χ2v) is 9.66. The minimum Gasteiger partial charge on any atom is -0.447 e. The van der Waals surface area contributed by atoms with Crippen LogP contribution in [0.3, 0.4) is 0 Å². The number of hydrogen-bond acceptors (Lipinski definition) is 4. The van der Waals surface area contributed by atoms with Crippen molar-refractivity contribution in [3.05, 3.63) is 58.3 Å². The average molecular weight is 475 g/mol. The molecule has 1 saturated heterocycles. The van der Waals surface area contributed by atoms with E-state index in [9.17, 15) is 17.6 Å². The Balaban J connectivity index is 1.93. The first-order valence-electron chi connectivity index (χ1n) is 9.37. The van der Waals surface area contributed by atoms with Gasteiger partial charge in [-0.15, -0.1) is 0 Å². The van der Waals surface area contributed by atoms with E-state index in [1.54, 1.807) is 4.90 Å². The second-order valence-electron chi connectivity index (χ2n) is 6.97. The van der Waals surface area contributed by atoms with Crippen LogP contribution in [0.2, 0.25) is 10.0 Å². The van der Waals surface area contributed by atoms with Crippen LogP contribution in [-0.4, -0.2) is 45.1 Å². The van der Waals surface area contributed by atoms with Gasteiger partial charge in [0.05, 0.1) is 16.6 Å². The summed E-state index contributed by atoms with van der Waals surface area (Å²) in [5.74, 6) is -0.769. The van der Waals surface area contributed by atoms with Crippen molar-refractivity contribution in [2.24, 2.45) is 0 Å². The van der Waals surface area contributed by atoms with E-state index >= 15 is 0 Å². The standard InChI is InChI=1S/C20H21Cl2FN2O4S/c1-14(13-29-20(26)24-10-2-3-11-24)25(19-12-16(22)6-9-18(19)23)30(27,28)17-7-4-15(21)5-8-17/h4-9,12,14H,2-3,10-11,13H2,1H3/t14-/m1/s1. The third-order valence-electron chi connectivity index (χ3n) is 4.73. The van der Waals surface area contributed by atoms with Crippen molar-refractivity contribution in [1.29, 1.82) is 0 Å². The van der Waals surface area contributed by atoms with Crippen molar-refractivity contribution in [3.63, 3.8) is 0 Å². The Bertz CT molecular complexity index is 1010. The molecule has 0 unspecified atom stereocenters. The zero-order valence-electron chi connectivity index (χ0n) is 16.2. The highest BCUT2D eigenvalue weighted by atomic mass is 35.5. The molecule has 0 N–H and O–H groups in total. The van der Waals surface area contributed by atoms with Crippen LogP contribution in [0.25, 0.3) is 0 Å². The molecule has 1 atom stereocenters. The van der Waals surface area contributed by atoms with E-state index in [0.29, 0.717) is 18.1 Å². The van der Waals surface area contributed by atoms with Crippen LogP contribution in [0.1, 0.15) is 19.8 Å². The summed E-state index contributed by atoms with van der Waals surface area (Å²) in [6, 6.07) is 8.26. The predicted octanol–water partition coefficient (Wildman–Crippen LogP) is 4.95. The molecular weight excluding hydrogens is 454 g/mol. The Kier molecular flexibility index (Phi) is 7.10. The quantitative estimate of drug-likeness (QED) is 0.593. The van der Waals surface area contributed by atoms with Gasteiger partial charge in [0.1, 0.15) is 12.4 Å². The van der Waals surface area contributed by atoms with Gasteiger partial charge in [0.2, 0.25) is 0 Å². The lowest BCUT2D eigenvalue weighted by molar-refractivity contribution is 0.107. The second kappa shape index (κ2) is 9.41. The van der Waals surface area contributed by atoms with Crippen LogP contribution in [-0.2, 0) is 14.8 Å². The van der Waals surface area contributed by atoms with Crippen molar-refractivity contribution in [1.82, 2.24) is 4.90 Å². The van der Waals surface area contributed by atoms with E-state index in [-0.39, 0.29) is 22.2 Å². The number of anilines is 1. The molecule has 1 fully saturated rings. The number of likely N-dealkylation sites (tertiary alicyclic amines) is 1. The maximum atomic E-state index is 14.6. The van der Waals surface area contributed by atoms with Gasteiger partial charge in [0.25, 0.3) is 10.0 Å². The van der Waals surface area contributed by atoms with Gasteiger partial charge in [-0.25, -0.2) is 17.6 Å². The SMILES string of the molecule is C[C@H](COC(=O)N1CCCC1)N(c1cc(Cl)ccc1F)S(=O)(=O)c1ccc(Cl)cc1. The first kappa shape index (κ1) is 22.7. The summed E-state index contributed by atoms with van der Waals surface area (Å²) in [5.41, 5.74) is -0.234. The first-order chi connectivity index (χ1) is 14.2. The van der Waals surface area contributed by atoms with Crippen LogP contribution >= 0.6 is 23.2 Å². The van der Waals surface area contributed by atoms with E-state index in [1.807, 2.05) is 0 Å². The third kappa shape index (κ3) is 4.99. The summed E-state index contributed by atoms with van der Waals surface area (Å²) in [4.78, 5) is 13.7. The Morgan fingerprint density at radius 1 is 1.13 bits per heavy atom. The fourth-order valence-corrected chi connectivity index (χ4v) is 5.16. The minimum absolute atomic E-state index is 0.0796. The molecule has 30 heavy (non-hydrogen) atoms. The summed E-state index contributed by atoms with van der Waals surface area (Å²) in [6.45, 7) is 2.48.